The summed E-state index contributed by atoms with van der Waals surface area (Å²) in [6, 6.07) is -0.969. The molecule has 3 saturated heterocycles. The zero-order chi connectivity index (χ0) is 67.5. The topological polar surface area (TPSA) is 307 Å². The summed E-state index contributed by atoms with van der Waals surface area (Å²) >= 11 is 0. The van der Waals surface area contributed by atoms with Crippen LogP contribution in [0.1, 0.15) is 322 Å². The summed E-state index contributed by atoms with van der Waals surface area (Å²) in [5.41, 5.74) is 0. The standard InChI is InChI=1S/C74H141NO18/c1-3-5-7-9-11-13-15-17-19-21-22-23-24-25-26-27-28-29-30-31-32-33-34-36-37-39-41-43-45-47-49-51-58(79)57(75-62(80)52-50-48-46-44-42-40-38-35-20-18-16-14-12-10-8-6-4-2)56-88-72-68(86)65(83)70(60(54-77)90-72)93-74-69(87)66(84)71(61(55-78)91-74)92-73-67(85)64(82)63(81)59(53-76)89-73/h49,51,57-61,63-74,76-79,81-87H,3-48,50,52-56H2,1-2H3,(H,75,80)/b51-49+. The first-order valence-electron chi connectivity index (χ1n) is 38.4. The van der Waals surface area contributed by atoms with Crippen molar-refractivity contribution in [2.75, 3.05) is 26.4 Å². The Morgan fingerprint density at radius 2 is 0.667 bits per heavy atom. The molecule has 0 radical (unpaired) electrons. The average molecular weight is 1330 g/mol. The minimum Gasteiger partial charge on any atom is -0.394 e. The molecule has 3 heterocycles. The molecule has 93 heavy (non-hydrogen) atoms. The van der Waals surface area contributed by atoms with Gasteiger partial charge in [-0.3, -0.25) is 4.79 Å². The fourth-order valence-electron chi connectivity index (χ4n) is 13.4. The van der Waals surface area contributed by atoms with Crippen molar-refractivity contribution in [2.24, 2.45) is 0 Å². The van der Waals surface area contributed by atoms with Gasteiger partial charge in [0, 0.05) is 6.42 Å². The molecule has 0 aliphatic carbocycles. The number of hydrogen-bond acceptors (Lipinski definition) is 18. The minimum absolute atomic E-state index is 0.250. The lowest BCUT2D eigenvalue weighted by Gasteiger charge is -2.48. The number of hydrogen-bond donors (Lipinski definition) is 12. The van der Waals surface area contributed by atoms with Crippen LogP contribution in [0.4, 0.5) is 0 Å². The van der Waals surface area contributed by atoms with Gasteiger partial charge in [-0.05, 0) is 19.3 Å². The van der Waals surface area contributed by atoms with Crippen molar-refractivity contribution in [1.82, 2.24) is 5.32 Å². The minimum atomic E-state index is -1.98. The second-order valence-corrected chi connectivity index (χ2v) is 27.8. The van der Waals surface area contributed by atoms with Crippen molar-refractivity contribution in [1.29, 1.82) is 0 Å². The molecule has 3 rings (SSSR count). The van der Waals surface area contributed by atoms with Crippen LogP contribution in [0.2, 0.25) is 0 Å². The van der Waals surface area contributed by atoms with E-state index in [1.54, 1.807) is 6.08 Å². The lowest BCUT2D eigenvalue weighted by atomic mass is 9.96. The second kappa shape index (κ2) is 56.3. The van der Waals surface area contributed by atoms with Gasteiger partial charge in [-0.1, -0.05) is 309 Å². The molecule has 3 aliphatic heterocycles. The van der Waals surface area contributed by atoms with Crippen LogP contribution in [0.25, 0.3) is 0 Å². The van der Waals surface area contributed by atoms with E-state index >= 15 is 0 Å². The molecule has 17 atom stereocenters. The summed E-state index contributed by atoms with van der Waals surface area (Å²) in [7, 11) is 0. The number of allylic oxidation sites excluding steroid dienone is 1. The summed E-state index contributed by atoms with van der Waals surface area (Å²) in [6.07, 6.45) is 37.7. The first-order chi connectivity index (χ1) is 45.3. The number of nitrogens with one attached hydrogen (secondary N) is 1. The van der Waals surface area contributed by atoms with Gasteiger partial charge in [-0.25, -0.2) is 0 Å². The number of amides is 1. The molecule has 3 aliphatic rings. The summed E-state index contributed by atoms with van der Waals surface area (Å²) < 4.78 is 34.4. The molecule has 12 N–H and O–H groups in total. The monoisotopic (exact) mass is 1330 g/mol. The smallest absolute Gasteiger partial charge is 0.220 e. The Kier molecular flexibility index (Phi) is 51.9. The molecular formula is C74H141NO18. The summed E-state index contributed by atoms with van der Waals surface area (Å²) in [5.74, 6) is -0.269. The number of carbonyl (C=O) groups is 1. The Morgan fingerprint density at radius 3 is 1.01 bits per heavy atom. The number of rotatable bonds is 61. The highest BCUT2D eigenvalue weighted by atomic mass is 16.8. The molecule has 0 aromatic carbocycles. The zero-order valence-corrected chi connectivity index (χ0v) is 58.5. The SMILES string of the molecule is CCCCCCCCCCCCCCCCCCCCCCCCCCCCCCC/C=C/C(O)C(COC1OC(CO)C(OC2OC(CO)C(OC3OC(CO)C(O)C(O)C3O)C(O)C2O)C(O)C1O)NC(=O)CCCCCCCCCCCCCCCCCCC. The van der Waals surface area contributed by atoms with Crippen molar-refractivity contribution in [3.05, 3.63) is 12.2 Å². The normalized spacial score (nSPS) is 27.5. The highest BCUT2D eigenvalue weighted by Crippen LogP contribution is 2.33. The lowest BCUT2D eigenvalue weighted by molar-refractivity contribution is -0.379. The molecule has 1 amide bonds. The first kappa shape index (κ1) is 85.8. The number of unbranched alkanes of at least 4 members (excludes halogenated alkanes) is 45. The number of ether oxygens (including phenoxy) is 6. The fraction of sp³-hybridized carbons (Fsp3) is 0.959. The van der Waals surface area contributed by atoms with Gasteiger partial charge in [0.05, 0.1) is 38.6 Å². The van der Waals surface area contributed by atoms with Crippen LogP contribution in [-0.2, 0) is 33.2 Å². The fourth-order valence-corrected chi connectivity index (χ4v) is 13.4. The number of aliphatic hydroxyl groups excluding tert-OH is 11. The van der Waals surface area contributed by atoms with Gasteiger partial charge in [0.15, 0.2) is 18.9 Å². The molecule has 3 fully saturated rings. The van der Waals surface area contributed by atoms with Crippen LogP contribution < -0.4 is 5.32 Å². The third kappa shape index (κ3) is 37.5. The van der Waals surface area contributed by atoms with Gasteiger partial charge < -0.3 is 89.9 Å². The van der Waals surface area contributed by atoms with Gasteiger partial charge >= 0.3 is 0 Å². The van der Waals surface area contributed by atoms with Crippen LogP contribution in [0, 0.1) is 0 Å². The molecule has 0 bridgehead atoms. The predicted octanol–water partition coefficient (Wildman–Crippen LogP) is 11.6. The average Bonchev–Trinajstić information content (AvgIpc) is 0.814. The van der Waals surface area contributed by atoms with Gasteiger partial charge in [0.2, 0.25) is 5.91 Å². The van der Waals surface area contributed by atoms with E-state index in [1.165, 1.54) is 250 Å². The molecule has 0 saturated carbocycles. The molecule has 0 aromatic heterocycles. The molecule has 19 nitrogen and oxygen atoms in total. The van der Waals surface area contributed by atoms with E-state index in [0.717, 1.165) is 44.9 Å². The van der Waals surface area contributed by atoms with Crippen LogP contribution in [0.15, 0.2) is 12.2 Å². The second-order valence-electron chi connectivity index (χ2n) is 27.8. The van der Waals surface area contributed by atoms with E-state index in [4.69, 9.17) is 28.4 Å². The molecule has 0 aromatic rings. The summed E-state index contributed by atoms with van der Waals surface area (Å²) in [5, 5.41) is 121. The van der Waals surface area contributed by atoms with Crippen molar-refractivity contribution >= 4 is 5.91 Å². The third-order valence-corrected chi connectivity index (χ3v) is 19.6. The van der Waals surface area contributed by atoms with E-state index in [0.29, 0.717) is 6.42 Å². The Balaban J connectivity index is 1.38. The molecule has 0 spiro atoms. The van der Waals surface area contributed by atoms with Gasteiger partial charge in [0.25, 0.3) is 0 Å². The predicted molar refractivity (Wildman–Crippen MR) is 365 cm³/mol. The first-order valence-corrected chi connectivity index (χ1v) is 38.4. The highest BCUT2D eigenvalue weighted by molar-refractivity contribution is 5.76. The molecule has 19 heteroatoms. The van der Waals surface area contributed by atoms with Crippen LogP contribution in [-0.4, -0.2) is 193 Å². The maximum Gasteiger partial charge on any atom is 0.220 e. The Morgan fingerprint density at radius 1 is 0.376 bits per heavy atom. The zero-order valence-electron chi connectivity index (χ0n) is 58.5. The van der Waals surface area contributed by atoms with E-state index in [9.17, 15) is 61.0 Å². The van der Waals surface area contributed by atoms with Crippen molar-refractivity contribution < 1.29 is 89.4 Å². The van der Waals surface area contributed by atoms with Crippen LogP contribution in [0.5, 0.6) is 0 Å². The van der Waals surface area contributed by atoms with E-state index in [1.807, 2.05) is 6.08 Å². The quantitative estimate of drug-likeness (QED) is 0.0199. The van der Waals surface area contributed by atoms with E-state index in [-0.39, 0.29) is 18.9 Å². The Hall–Kier alpha value is -1.47. The van der Waals surface area contributed by atoms with Crippen molar-refractivity contribution in [3.63, 3.8) is 0 Å². The molecule has 550 valence electrons. The summed E-state index contributed by atoms with van der Waals surface area (Å²) in [4.78, 5) is 13.4. The van der Waals surface area contributed by atoms with Crippen LogP contribution in [0.3, 0.4) is 0 Å². The van der Waals surface area contributed by atoms with Gasteiger partial charge in [-0.2, -0.15) is 0 Å². The Labute approximate surface area is 563 Å². The van der Waals surface area contributed by atoms with E-state index in [2.05, 4.69) is 19.2 Å². The van der Waals surface area contributed by atoms with E-state index < -0.39 is 124 Å². The van der Waals surface area contributed by atoms with Crippen LogP contribution >= 0.6 is 0 Å². The van der Waals surface area contributed by atoms with Gasteiger partial charge in [0.1, 0.15) is 73.2 Å². The highest BCUT2D eigenvalue weighted by Gasteiger charge is 2.53. The maximum absolute atomic E-state index is 13.4. The molecular weight excluding hydrogens is 1190 g/mol. The lowest BCUT2D eigenvalue weighted by Crippen LogP contribution is -2.66. The van der Waals surface area contributed by atoms with Crippen molar-refractivity contribution in [2.45, 2.75) is 426 Å². The number of carbonyl (C=O) groups excluding carboxylic acids is 1. The largest absolute Gasteiger partial charge is 0.394 e. The maximum atomic E-state index is 13.4. The number of aliphatic hydroxyl groups is 11. The van der Waals surface area contributed by atoms with Crippen molar-refractivity contribution in [3.8, 4) is 0 Å². The van der Waals surface area contributed by atoms with Gasteiger partial charge in [-0.15, -0.1) is 0 Å². The third-order valence-electron chi connectivity index (χ3n) is 19.6. The summed E-state index contributed by atoms with van der Waals surface area (Å²) in [6.45, 7) is 1.79. The molecule has 17 unspecified atom stereocenters. The Bertz CT molecular complexity index is 1730.